The number of nitrogens with one attached hydrogen (secondary N) is 1. The van der Waals surface area contributed by atoms with Gasteiger partial charge in [0.05, 0.1) is 0 Å². The number of rotatable bonds is 2. The third kappa shape index (κ3) is 3.20. The van der Waals surface area contributed by atoms with Gasteiger partial charge >= 0.3 is 5.63 Å². The zero-order valence-electron chi connectivity index (χ0n) is 13.8. The minimum Gasteiger partial charge on any atom is -0.422 e. The maximum atomic E-state index is 12.4. The molecule has 0 atom stereocenters. The molecule has 122 valence electrons. The standard InChI is InChI=1S/C19H18N2O3/c1-19(2,3)16-11-13(8-9-20-16)21-17(22)14-10-12-6-4-5-7-15(12)24-18(14)23/h4-11H,1-3H3,(H,20,21,22). The number of pyridine rings is 1. The topological polar surface area (TPSA) is 72.2 Å². The molecule has 0 aliphatic heterocycles. The Hall–Kier alpha value is -2.95. The molecular weight excluding hydrogens is 304 g/mol. The first-order chi connectivity index (χ1) is 11.3. The first-order valence-corrected chi connectivity index (χ1v) is 7.65. The van der Waals surface area contributed by atoms with E-state index in [1.165, 1.54) is 0 Å². The molecule has 0 aliphatic rings. The van der Waals surface area contributed by atoms with Crippen molar-refractivity contribution in [3.63, 3.8) is 0 Å². The average Bonchev–Trinajstić information content (AvgIpc) is 2.53. The highest BCUT2D eigenvalue weighted by atomic mass is 16.4. The Morgan fingerprint density at radius 2 is 1.88 bits per heavy atom. The quantitative estimate of drug-likeness (QED) is 0.730. The Bertz CT molecular complexity index is 968. The van der Waals surface area contributed by atoms with E-state index in [1.54, 1.807) is 42.6 Å². The van der Waals surface area contributed by atoms with Crippen LogP contribution >= 0.6 is 0 Å². The molecule has 1 amide bonds. The summed E-state index contributed by atoms with van der Waals surface area (Å²) in [6.45, 7) is 6.12. The largest absolute Gasteiger partial charge is 0.422 e. The molecule has 0 aliphatic carbocycles. The van der Waals surface area contributed by atoms with Gasteiger partial charge in [0, 0.05) is 28.4 Å². The van der Waals surface area contributed by atoms with Crippen molar-refractivity contribution in [1.29, 1.82) is 0 Å². The van der Waals surface area contributed by atoms with Crippen LogP contribution < -0.4 is 10.9 Å². The summed E-state index contributed by atoms with van der Waals surface area (Å²) in [7, 11) is 0. The van der Waals surface area contributed by atoms with E-state index >= 15 is 0 Å². The fraction of sp³-hybridized carbons (Fsp3) is 0.211. The van der Waals surface area contributed by atoms with Gasteiger partial charge in [0.1, 0.15) is 11.1 Å². The molecule has 0 spiro atoms. The molecule has 3 rings (SSSR count). The van der Waals surface area contributed by atoms with Crippen molar-refractivity contribution < 1.29 is 9.21 Å². The van der Waals surface area contributed by atoms with Crippen LogP contribution in [0, 0.1) is 0 Å². The van der Waals surface area contributed by atoms with E-state index in [0.29, 0.717) is 16.7 Å². The van der Waals surface area contributed by atoms with Gasteiger partial charge in [-0.25, -0.2) is 4.79 Å². The summed E-state index contributed by atoms with van der Waals surface area (Å²) < 4.78 is 5.20. The van der Waals surface area contributed by atoms with Gasteiger partial charge in [-0.1, -0.05) is 39.0 Å². The van der Waals surface area contributed by atoms with E-state index in [1.807, 2.05) is 26.8 Å². The number of fused-ring (bicyclic) bond motifs is 1. The fourth-order valence-electron chi connectivity index (χ4n) is 2.34. The van der Waals surface area contributed by atoms with Gasteiger partial charge in [-0.15, -0.1) is 0 Å². The van der Waals surface area contributed by atoms with Crippen LogP contribution in [0.2, 0.25) is 0 Å². The van der Waals surface area contributed by atoms with Crippen molar-refractivity contribution in [2.75, 3.05) is 5.32 Å². The van der Waals surface area contributed by atoms with E-state index in [4.69, 9.17) is 4.42 Å². The number of hydrogen-bond donors (Lipinski definition) is 1. The van der Waals surface area contributed by atoms with Crippen molar-refractivity contribution in [1.82, 2.24) is 4.98 Å². The second kappa shape index (κ2) is 5.92. The van der Waals surface area contributed by atoms with Crippen LogP contribution in [0.1, 0.15) is 36.8 Å². The van der Waals surface area contributed by atoms with Crippen molar-refractivity contribution in [3.8, 4) is 0 Å². The number of anilines is 1. The lowest BCUT2D eigenvalue weighted by Crippen LogP contribution is -2.21. The highest BCUT2D eigenvalue weighted by molar-refractivity contribution is 6.05. The summed E-state index contributed by atoms with van der Waals surface area (Å²) >= 11 is 0. The Kier molecular flexibility index (Phi) is 3.93. The highest BCUT2D eigenvalue weighted by Crippen LogP contribution is 2.22. The molecule has 2 heterocycles. The Balaban J connectivity index is 1.93. The van der Waals surface area contributed by atoms with E-state index in [9.17, 15) is 9.59 Å². The summed E-state index contributed by atoms with van der Waals surface area (Å²) in [5, 5.41) is 3.44. The van der Waals surface area contributed by atoms with Crippen LogP contribution in [-0.4, -0.2) is 10.9 Å². The van der Waals surface area contributed by atoms with Gasteiger partial charge < -0.3 is 9.73 Å². The molecule has 1 N–H and O–H groups in total. The second-order valence-electron chi connectivity index (χ2n) is 6.62. The van der Waals surface area contributed by atoms with Crippen molar-refractivity contribution in [2.24, 2.45) is 0 Å². The number of carbonyl (C=O) groups is 1. The zero-order chi connectivity index (χ0) is 17.3. The molecule has 0 saturated carbocycles. The minimum absolute atomic E-state index is 0.0252. The monoisotopic (exact) mass is 322 g/mol. The van der Waals surface area contributed by atoms with Crippen molar-refractivity contribution in [2.45, 2.75) is 26.2 Å². The molecule has 2 aromatic heterocycles. The second-order valence-corrected chi connectivity index (χ2v) is 6.62. The summed E-state index contributed by atoms with van der Waals surface area (Å²) in [6.07, 6.45) is 1.64. The van der Waals surface area contributed by atoms with E-state index in [2.05, 4.69) is 10.3 Å². The van der Waals surface area contributed by atoms with E-state index in [-0.39, 0.29) is 11.0 Å². The molecule has 3 aromatic rings. The van der Waals surface area contributed by atoms with Gasteiger partial charge in [-0.3, -0.25) is 9.78 Å². The SMILES string of the molecule is CC(C)(C)c1cc(NC(=O)c2cc3ccccc3oc2=O)ccn1. The first kappa shape index (κ1) is 15.9. The smallest absolute Gasteiger partial charge is 0.349 e. The highest BCUT2D eigenvalue weighted by Gasteiger charge is 2.17. The average molecular weight is 322 g/mol. The molecule has 0 radical (unpaired) electrons. The van der Waals surface area contributed by atoms with Crippen LogP contribution in [0.3, 0.4) is 0 Å². The lowest BCUT2D eigenvalue weighted by atomic mass is 9.91. The number of hydrogen-bond acceptors (Lipinski definition) is 4. The van der Waals surface area contributed by atoms with E-state index < -0.39 is 11.5 Å². The van der Waals surface area contributed by atoms with Gasteiger partial charge in [0.25, 0.3) is 5.91 Å². The van der Waals surface area contributed by atoms with Crippen LogP contribution in [0.25, 0.3) is 11.0 Å². The molecule has 1 aromatic carbocycles. The Morgan fingerprint density at radius 3 is 2.62 bits per heavy atom. The number of nitrogens with zero attached hydrogens (tertiary/aromatic N) is 1. The summed E-state index contributed by atoms with van der Waals surface area (Å²) in [5.41, 5.74) is 1.08. The Morgan fingerprint density at radius 1 is 1.12 bits per heavy atom. The maximum Gasteiger partial charge on any atom is 0.349 e. The van der Waals surface area contributed by atoms with Gasteiger partial charge in [0.2, 0.25) is 0 Å². The minimum atomic E-state index is -0.656. The molecule has 5 heteroatoms. The molecule has 24 heavy (non-hydrogen) atoms. The first-order valence-electron chi connectivity index (χ1n) is 7.65. The zero-order valence-corrected chi connectivity index (χ0v) is 13.8. The van der Waals surface area contributed by atoms with Crippen LogP contribution in [-0.2, 0) is 5.41 Å². The predicted octanol–water partition coefficient (Wildman–Crippen LogP) is 3.74. The molecule has 5 nitrogen and oxygen atoms in total. The van der Waals surface area contributed by atoms with Crippen LogP contribution in [0.4, 0.5) is 5.69 Å². The van der Waals surface area contributed by atoms with E-state index in [0.717, 1.165) is 5.69 Å². The van der Waals surface area contributed by atoms with Crippen LogP contribution in [0.5, 0.6) is 0 Å². The number of carbonyl (C=O) groups excluding carboxylic acids is 1. The fourth-order valence-corrected chi connectivity index (χ4v) is 2.34. The summed E-state index contributed by atoms with van der Waals surface area (Å²) in [6, 6.07) is 12.1. The van der Waals surface area contributed by atoms with Crippen molar-refractivity contribution >= 4 is 22.6 Å². The normalized spacial score (nSPS) is 11.5. The Labute approximate surface area is 139 Å². The molecule has 0 bridgehead atoms. The van der Waals surface area contributed by atoms with Crippen molar-refractivity contribution in [3.05, 3.63) is 70.3 Å². The maximum absolute atomic E-state index is 12.4. The van der Waals surface area contributed by atoms with Gasteiger partial charge in [0.15, 0.2) is 0 Å². The van der Waals surface area contributed by atoms with Gasteiger partial charge in [-0.2, -0.15) is 0 Å². The van der Waals surface area contributed by atoms with Crippen LogP contribution in [0.15, 0.2) is 57.9 Å². The number of benzene rings is 1. The molecule has 0 unspecified atom stereocenters. The molecule has 0 fully saturated rings. The summed E-state index contributed by atoms with van der Waals surface area (Å²) in [5.74, 6) is -0.499. The van der Waals surface area contributed by atoms with Gasteiger partial charge in [-0.05, 0) is 24.3 Å². The third-order valence-electron chi connectivity index (χ3n) is 3.67. The predicted molar refractivity (Wildman–Crippen MR) is 93.4 cm³/mol. The number of aromatic nitrogens is 1. The lowest BCUT2D eigenvalue weighted by Gasteiger charge is -2.18. The molecular formula is C19H18N2O3. The number of para-hydroxylation sites is 1. The third-order valence-corrected chi connectivity index (χ3v) is 3.67. The molecule has 0 saturated heterocycles. The lowest BCUT2D eigenvalue weighted by molar-refractivity contribution is 0.102. The number of amides is 1. The summed E-state index contributed by atoms with van der Waals surface area (Å²) in [4.78, 5) is 28.8.